The average molecular weight is 194 g/mol. The number of carboxylic acids is 1. The number of hydrogen-bond donors (Lipinski definition) is 1. The van der Waals surface area contributed by atoms with Crippen molar-refractivity contribution >= 4 is 5.97 Å². The van der Waals surface area contributed by atoms with Crippen LogP contribution in [0.2, 0.25) is 0 Å². The Morgan fingerprint density at radius 1 is 1.43 bits per heavy atom. The number of carboxylic acid groups (broad SMARTS) is 1. The molecule has 1 aromatic rings. The highest BCUT2D eigenvalue weighted by molar-refractivity contribution is 5.87. The molecule has 0 heterocycles. The first-order chi connectivity index (χ1) is 6.63. The third kappa shape index (κ3) is 2.55. The van der Waals surface area contributed by atoms with Crippen molar-refractivity contribution in [2.24, 2.45) is 5.29 Å². The molecule has 0 spiro atoms. The molecule has 5 nitrogen and oxygen atoms in total. The summed E-state index contributed by atoms with van der Waals surface area (Å²) in [6, 6.07) is 6.31. The van der Waals surface area contributed by atoms with Crippen molar-refractivity contribution in [1.82, 2.24) is 5.01 Å². The average Bonchev–Trinajstić information content (AvgIpc) is 2.18. The van der Waals surface area contributed by atoms with Gasteiger partial charge < -0.3 is 5.11 Å². The Kier molecular flexibility index (Phi) is 3.17. The van der Waals surface area contributed by atoms with Crippen molar-refractivity contribution in [3.05, 3.63) is 40.3 Å². The van der Waals surface area contributed by atoms with E-state index in [4.69, 9.17) is 5.11 Å². The SMILES string of the molecule is CN(Cc1ccc(C(=O)O)cc1)N=O. The zero-order chi connectivity index (χ0) is 10.6. The Bertz CT molecular complexity index is 334. The molecule has 0 fully saturated rings. The van der Waals surface area contributed by atoms with E-state index < -0.39 is 5.97 Å². The molecule has 0 aliphatic heterocycles. The van der Waals surface area contributed by atoms with Gasteiger partial charge >= 0.3 is 5.97 Å². The van der Waals surface area contributed by atoms with E-state index in [1.165, 1.54) is 17.1 Å². The molecule has 0 saturated heterocycles. The van der Waals surface area contributed by atoms with E-state index in [0.717, 1.165) is 5.56 Å². The van der Waals surface area contributed by atoms with Gasteiger partial charge in [0.1, 0.15) is 0 Å². The Morgan fingerprint density at radius 3 is 2.43 bits per heavy atom. The smallest absolute Gasteiger partial charge is 0.335 e. The second kappa shape index (κ2) is 4.36. The minimum atomic E-state index is -0.960. The Morgan fingerprint density at radius 2 is 2.00 bits per heavy atom. The summed E-state index contributed by atoms with van der Waals surface area (Å²) < 4.78 is 0. The topological polar surface area (TPSA) is 70.0 Å². The highest BCUT2D eigenvalue weighted by Crippen LogP contribution is 2.06. The van der Waals surface area contributed by atoms with Crippen LogP contribution in [0.3, 0.4) is 0 Å². The van der Waals surface area contributed by atoms with Crippen molar-refractivity contribution in [2.45, 2.75) is 6.54 Å². The van der Waals surface area contributed by atoms with Gasteiger partial charge in [-0.2, -0.15) is 0 Å². The number of carbonyl (C=O) groups is 1. The van der Waals surface area contributed by atoms with Gasteiger partial charge in [0.2, 0.25) is 0 Å². The Balaban J connectivity index is 2.73. The second-order valence-corrected chi connectivity index (χ2v) is 2.90. The summed E-state index contributed by atoms with van der Waals surface area (Å²) in [5.41, 5.74) is 1.08. The highest BCUT2D eigenvalue weighted by Gasteiger charge is 2.02. The molecule has 0 unspecified atom stereocenters. The Hall–Kier alpha value is -1.91. The van der Waals surface area contributed by atoms with Gasteiger partial charge in [0, 0.05) is 7.05 Å². The van der Waals surface area contributed by atoms with Crippen LogP contribution in [0.4, 0.5) is 0 Å². The fourth-order valence-electron chi connectivity index (χ4n) is 1.05. The van der Waals surface area contributed by atoms with Gasteiger partial charge in [-0.25, -0.2) is 4.79 Å². The predicted octanol–water partition coefficient (Wildman–Crippen LogP) is 1.50. The molecule has 0 bridgehead atoms. The molecule has 0 aliphatic rings. The van der Waals surface area contributed by atoms with E-state index in [1.54, 1.807) is 19.2 Å². The molecular weight excluding hydrogens is 184 g/mol. The zero-order valence-corrected chi connectivity index (χ0v) is 7.67. The molecule has 0 atom stereocenters. The lowest BCUT2D eigenvalue weighted by Crippen LogP contribution is -2.09. The van der Waals surface area contributed by atoms with E-state index in [0.29, 0.717) is 6.54 Å². The lowest BCUT2D eigenvalue weighted by atomic mass is 10.1. The fourth-order valence-corrected chi connectivity index (χ4v) is 1.05. The van der Waals surface area contributed by atoms with Crippen LogP contribution in [0.1, 0.15) is 15.9 Å². The largest absolute Gasteiger partial charge is 0.478 e. The molecule has 0 saturated carbocycles. The molecule has 0 aromatic heterocycles. The molecular formula is C9H10N2O3. The number of nitroso groups, excluding NO2 is 1. The first kappa shape index (κ1) is 10.2. The van der Waals surface area contributed by atoms with Crippen molar-refractivity contribution in [3.63, 3.8) is 0 Å². The zero-order valence-electron chi connectivity index (χ0n) is 7.67. The maximum atomic E-state index is 10.5. The third-order valence-corrected chi connectivity index (χ3v) is 1.75. The van der Waals surface area contributed by atoms with Crippen LogP contribution in [-0.2, 0) is 6.54 Å². The minimum Gasteiger partial charge on any atom is -0.478 e. The minimum absolute atomic E-state index is 0.232. The Labute approximate surface area is 80.9 Å². The molecule has 1 N–H and O–H groups in total. The molecule has 0 amide bonds. The van der Waals surface area contributed by atoms with Gasteiger partial charge in [-0.1, -0.05) is 12.1 Å². The standard InChI is InChI=1S/C9H10N2O3/c1-11(10-14)6-7-2-4-8(5-3-7)9(12)13/h2-5H,6H2,1H3,(H,12,13). The lowest BCUT2D eigenvalue weighted by molar-refractivity contribution is 0.0697. The molecule has 14 heavy (non-hydrogen) atoms. The highest BCUT2D eigenvalue weighted by atomic mass is 16.4. The van der Waals surface area contributed by atoms with E-state index in [1.807, 2.05) is 0 Å². The number of benzene rings is 1. The van der Waals surface area contributed by atoms with Gasteiger partial charge in [-0.3, -0.25) is 5.01 Å². The van der Waals surface area contributed by atoms with Crippen LogP contribution < -0.4 is 0 Å². The quantitative estimate of drug-likeness (QED) is 0.582. The summed E-state index contributed by atoms with van der Waals surface area (Å²) in [4.78, 5) is 20.6. The van der Waals surface area contributed by atoms with E-state index in [9.17, 15) is 9.70 Å². The van der Waals surface area contributed by atoms with Crippen molar-refractivity contribution in [2.75, 3.05) is 7.05 Å². The third-order valence-electron chi connectivity index (χ3n) is 1.75. The lowest BCUT2D eigenvalue weighted by Gasteiger charge is -2.07. The van der Waals surface area contributed by atoms with Gasteiger partial charge in [0.25, 0.3) is 0 Å². The van der Waals surface area contributed by atoms with Gasteiger partial charge in [0.15, 0.2) is 0 Å². The van der Waals surface area contributed by atoms with E-state index in [-0.39, 0.29) is 5.56 Å². The first-order valence-corrected chi connectivity index (χ1v) is 4.00. The van der Waals surface area contributed by atoms with Crippen molar-refractivity contribution in [1.29, 1.82) is 0 Å². The normalized spacial score (nSPS) is 9.50. The van der Waals surface area contributed by atoms with Gasteiger partial charge in [-0.15, -0.1) is 4.91 Å². The van der Waals surface area contributed by atoms with E-state index in [2.05, 4.69) is 5.29 Å². The number of nitrogens with zero attached hydrogens (tertiary/aromatic N) is 2. The summed E-state index contributed by atoms with van der Waals surface area (Å²) in [7, 11) is 1.55. The monoisotopic (exact) mass is 194 g/mol. The number of rotatable bonds is 4. The van der Waals surface area contributed by atoms with Crippen LogP contribution in [0.15, 0.2) is 29.6 Å². The summed E-state index contributed by atoms with van der Waals surface area (Å²) in [5.74, 6) is -0.960. The molecule has 1 aromatic carbocycles. The maximum absolute atomic E-state index is 10.5. The predicted molar refractivity (Wildman–Crippen MR) is 50.7 cm³/mol. The maximum Gasteiger partial charge on any atom is 0.335 e. The van der Waals surface area contributed by atoms with Crippen LogP contribution in [0.5, 0.6) is 0 Å². The van der Waals surface area contributed by atoms with Gasteiger partial charge in [-0.05, 0) is 17.7 Å². The number of aromatic carboxylic acids is 1. The van der Waals surface area contributed by atoms with Crippen LogP contribution >= 0.6 is 0 Å². The summed E-state index contributed by atoms with van der Waals surface area (Å²) in [6.07, 6.45) is 0. The van der Waals surface area contributed by atoms with Crippen LogP contribution in [0, 0.1) is 4.91 Å². The van der Waals surface area contributed by atoms with Crippen molar-refractivity contribution in [3.8, 4) is 0 Å². The summed E-state index contributed by atoms with van der Waals surface area (Å²) in [6.45, 7) is 0.378. The molecule has 74 valence electrons. The fraction of sp³-hybridized carbons (Fsp3) is 0.222. The van der Waals surface area contributed by atoms with Crippen LogP contribution in [-0.4, -0.2) is 23.1 Å². The molecule has 0 aliphatic carbocycles. The van der Waals surface area contributed by atoms with Crippen LogP contribution in [0.25, 0.3) is 0 Å². The van der Waals surface area contributed by atoms with E-state index >= 15 is 0 Å². The molecule has 5 heteroatoms. The molecule has 0 radical (unpaired) electrons. The summed E-state index contributed by atoms with van der Waals surface area (Å²) in [5, 5.41) is 12.6. The van der Waals surface area contributed by atoms with Gasteiger partial charge in [0.05, 0.1) is 17.4 Å². The second-order valence-electron chi connectivity index (χ2n) is 2.90. The molecule has 1 rings (SSSR count). The first-order valence-electron chi connectivity index (χ1n) is 4.00. The number of hydrogen-bond acceptors (Lipinski definition) is 3. The summed E-state index contributed by atoms with van der Waals surface area (Å²) >= 11 is 0. The van der Waals surface area contributed by atoms with Crippen molar-refractivity contribution < 1.29 is 9.90 Å².